The van der Waals surface area contributed by atoms with Gasteiger partial charge in [-0.15, -0.1) is 0 Å². The van der Waals surface area contributed by atoms with Gasteiger partial charge in [0, 0.05) is 11.6 Å². The first-order valence-electron chi connectivity index (χ1n) is 9.05. The van der Waals surface area contributed by atoms with E-state index in [1.54, 1.807) is 26.2 Å². The average molecular weight is 437 g/mol. The van der Waals surface area contributed by atoms with Crippen LogP contribution in [0.15, 0.2) is 42.5 Å². The highest BCUT2D eigenvalue weighted by atomic mass is 29.9. The molecule has 9 heteroatoms. The summed E-state index contributed by atoms with van der Waals surface area (Å²) in [5, 5.41) is 0. The van der Waals surface area contributed by atoms with Crippen LogP contribution in [0, 0.1) is 0 Å². The second-order valence-electron chi connectivity index (χ2n) is 8.73. The standard InChI is InChI=1S/C18H28O5Si4/c1-24(2,19)27(21,25(3,4)20)26(5,6)23-15-9-7-14(8-10-15)17-12-11-16-13-18(17)22-16/h7-13,19-21H,1-6H3. The molecule has 4 rings (SSSR count). The Morgan fingerprint density at radius 3 is 1.70 bits per heavy atom. The van der Waals surface area contributed by atoms with E-state index in [-0.39, 0.29) is 0 Å². The summed E-state index contributed by atoms with van der Waals surface area (Å²) in [4.78, 5) is 33.4. The first-order valence-corrected chi connectivity index (χ1v) is 22.8. The summed E-state index contributed by atoms with van der Waals surface area (Å²) in [6, 6.07) is 13.7. The van der Waals surface area contributed by atoms with Gasteiger partial charge in [-0.3, -0.25) is 0 Å². The topological polar surface area (TPSA) is 79.2 Å². The van der Waals surface area contributed by atoms with E-state index in [2.05, 4.69) is 0 Å². The fourth-order valence-electron chi connectivity index (χ4n) is 4.25. The molecule has 2 aliphatic rings. The molecule has 27 heavy (non-hydrogen) atoms. The molecule has 0 aromatic heterocycles. The van der Waals surface area contributed by atoms with E-state index < -0.39 is 30.4 Å². The highest BCUT2D eigenvalue weighted by molar-refractivity contribution is 7.84. The fourth-order valence-corrected chi connectivity index (χ4v) is 64.6. The quantitative estimate of drug-likeness (QED) is 0.514. The molecule has 0 saturated carbocycles. The van der Waals surface area contributed by atoms with Crippen LogP contribution in [0.4, 0.5) is 0 Å². The SMILES string of the molecule is C[Si](C)(O)[Si](O)([Si](C)(C)O)[Si](C)(C)Oc1ccc(-c2ccc3cc2O3)cc1. The maximum atomic E-state index is 11.6. The van der Waals surface area contributed by atoms with Gasteiger partial charge in [-0.2, -0.15) is 0 Å². The zero-order valence-electron chi connectivity index (χ0n) is 16.7. The van der Waals surface area contributed by atoms with Crippen LogP contribution in [0.2, 0.25) is 39.3 Å². The van der Waals surface area contributed by atoms with Crippen LogP contribution in [0.5, 0.6) is 17.2 Å². The second-order valence-corrected chi connectivity index (χ2v) is 41.6. The Morgan fingerprint density at radius 1 is 0.778 bits per heavy atom. The van der Waals surface area contributed by atoms with Gasteiger partial charge >= 0.3 is 0 Å². The van der Waals surface area contributed by atoms with Crippen molar-refractivity contribution in [2.24, 2.45) is 0 Å². The number of benzene rings is 2. The van der Waals surface area contributed by atoms with Crippen molar-refractivity contribution in [2.45, 2.75) is 39.3 Å². The Hall–Kier alpha value is -1.21. The zero-order valence-corrected chi connectivity index (χ0v) is 20.7. The minimum atomic E-state index is -3.36. The molecule has 5 nitrogen and oxygen atoms in total. The molecule has 0 spiro atoms. The number of ether oxygens (including phenoxy) is 1. The molecular weight excluding hydrogens is 409 g/mol. The predicted octanol–water partition coefficient (Wildman–Crippen LogP) is 3.61. The van der Waals surface area contributed by atoms with Crippen LogP contribution in [0.1, 0.15) is 0 Å². The second kappa shape index (κ2) is 6.41. The summed E-state index contributed by atoms with van der Waals surface area (Å²) in [5.74, 6) is 2.42. The molecule has 0 amide bonds. The molecule has 2 aliphatic heterocycles. The van der Waals surface area contributed by atoms with E-state index in [1.165, 1.54) is 0 Å². The molecular formula is C18H28O5Si4. The monoisotopic (exact) mass is 436 g/mol. The summed E-state index contributed by atoms with van der Waals surface area (Å²) in [5.41, 5.74) is 2.07. The molecule has 0 atom stereocenters. The highest BCUT2D eigenvalue weighted by Gasteiger charge is 2.71. The van der Waals surface area contributed by atoms with Crippen LogP contribution in [0.25, 0.3) is 11.1 Å². The van der Waals surface area contributed by atoms with E-state index in [9.17, 15) is 14.4 Å². The molecule has 0 saturated heterocycles. The molecule has 0 aliphatic carbocycles. The number of rotatable bonds is 6. The third-order valence-electron chi connectivity index (χ3n) is 5.36. The molecule has 2 bridgehead atoms. The smallest absolute Gasteiger partial charge is 0.259 e. The third kappa shape index (κ3) is 3.37. The van der Waals surface area contributed by atoms with Crippen LogP contribution in [-0.4, -0.2) is 44.8 Å². The van der Waals surface area contributed by atoms with Gasteiger partial charge in [0.1, 0.15) is 17.2 Å². The van der Waals surface area contributed by atoms with Crippen molar-refractivity contribution in [1.82, 2.24) is 0 Å². The van der Waals surface area contributed by atoms with Crippen molar-refractivity contribution in [3.63, 3.8) is 0 Å². The third-order valence-corrected chi connectivity index (χ3v) is 60.4. The Morgan fingerprint density at radius 2 is 1.30 bits per heavy atom. The zero-order chi connectivity index (χ0) is 20.3. The van der Waals surface area contributed by atoms with Crippen molar-refractivity contribution in [3.05, 3.63) is 42.5 Å². The van der Waals surface area contributed by atoms with Gasteiger partial charge in [-0.25, -0.2) is 0 Å². The molecule has 2 heterocycles. The lowest BCUT2D eigenvalue weighted by Gasteiger charge is -2.49. The normalized spacial score (nSPS) is 14.4. The summed E-state index contributed by atoms with van der Waals surface area (Å²) < 4.78 is 11.8. The van der Waals surface area contributed by atoms with Crippen molar-refractivity contribution in [1.29, 1.82) is 0 Å². The van der Waals surface area contributed by atoms with Crippen LogP contribution >= 0.6 is 0 Å². The largest absolute Gasteiger partial charge is 0.544 e. The first-order chi connectivity index (χ1) is 12.3. The van der Waals surface area contributed by atoms with Gasteiger partial charge in [0.15, 0.2) is 0 Å². The van der Waals surface area contributed by atoms with Crippen LogP contribution in [0.3, 0.4) is 0 Å². The maximum absolute atomic E-state index is 11.6. The van der Waals surface area contributed by atoms with Crippen molar-refractivity contribution in [2.75, 3.05) is 0 Å². The number of hydrogen-bond donors (Lipinski definition) is 3. The van der Waals surface area contributed by atoms with Crippen molar-refractivity contribution < 1.29 is 23.5 Å². The van der Waals surface area contributed by atoms with E-state index in [0.717, 1.165) is 22.6 Å². The number of fused-ring (bicyclic) bond motifs is 2. The minimum Gasteiger partial charge on any atom is -0.544 e. The van der Waals surface area contributed by atoms with E-state index in [1.807, 2.05) is 55.6 Å². The molecule has 2 aromatic rings. The first kappa shape index (κ1) is 20.5. The summed E-state index contributed by atoms with van der Waals surface area (Å²) in [6.07, 6.45) is 0. The molecule has 0 radical (unpaired) electrons. The van der Waals surface area contributed by atoms with Crippen molar-refractivity contribution >= 4 is 30.4 Å². The van der Waals surface area contributed by atoms with Crippen molar-refractivity contribution in [3.8, 4) is 28.4 Å². The van der Waals surface area contributed by atoms with E-state index >= 15 is 0 Å². The van der Waals surface area contributed by atoms with E-state index in [4.69, 9.17) is 9.16 Å². The molecule has 2 aromatic carbocycles. The summed E-state index contributed by atoms with van der Waals surface area (Å²) >= 11 is 0. The Kier molecular flexibility index (Phi) is 4.87. The Balaban J connectivity index is 1.88. The Labute approximate surface area is 164 Å². The fraction of sp³-hybridized carbons (Fsp3) is 0.333. The highest BCUT2D eigenvalue weighted by Crippen LogP contribution is 2.43. The average Bonchev–Trinajstić information content (AvgIpc) is 2.51. The van der Waals surface area contributed by atoms with Crippen LogP contribution in [-0.2, 0) is 0 Å². The molecule has 0 unspecified atom stereocenters. The van der Waals surface area contributed by atoms with Gasteiger partial charge < -0.3 is 23.5 Å². The minimum absolute atomic E-state index is 0.661. The maximum Gasteiger partial charge on any atom is 0.259 e. The lowest BCUT2D eigenvalue weighted by Crippen LogP contribution is -2.87. The van der Waals surface area contributed by atoms with Crippen LogP contribution < -0.4 is 9.16 Å². The lowest BCUT2D eigenvalue weighted by atomic mass is 10.0. The molecule has 146 valence electrons. The lowest BCUT2D eigenvalue weighted by molar-refractivity contribution is 0.440. The predicted molar refractivity (Wildman–Crippen MR) is 117 cm³/mol. The molecule has 3 N–H and O–H groups in total. The van der Waals surface area contributed by atoms with Gasteiger partial charge in [-0.05, 0) is 69.1 Å². The summed E-state index contributed by atoms with van der Waals surface area (Å²) in [7, 11) is -8.72. The number of hydrogen-bond acceptors (Lipinski definition) is 5. The van der Waals surface area contributed by atoms with E-state index in [0.29, 0.717) is 5.75 Å². The van der Waals surface area contributed by atoms with Gasteiger partial charge in [0.2, 0.25) is 15.7 Å². The summed E-state index contributed by atoms with van der Waals surface area (Å²) in [6.45, 7) is 7.41. The van der Waals surface area contributed by atoms with Gasteiger partial charge in [0.25, 0.3) is 14.7 Å². The Bertz CT molecular complexity index is 836. The molecule has 0 fully saturated rings. The van der Waals surface area contributed by atoms with Gasteiger partial charge in [0.05, 0.1) is 0 Å². The van der Waals surface area contributed by atoms with Gasteiger partial charge in [-0.1, -0.05) is 12.1 Å².